The van der Waals surface area contributed by atoms with Crippen LogP contribution in [0.15, 0.2) is 0 Å². The van der Waals surface area contributed by atoms with E-state index in [0.29, 0.717) is 5.92 Å². The number of imide groups is 1. The smallest absolute Gasteiger partial charge is 0.252 e. The molecule has 3 amide bonds. The van der Waals surface area contributed by atoms with Gasteiger partial charge in [-0.05, 0) is 26.2 Å². The zero-order valence-electron chi connectivity index (χ0n) is 9.74. The lowest BCUT2D eigenvalue weighted by Gasteiger charge is -2.40. The molecule has 1 saturated heterocycles. The van der Waals surface area contributed by atoms with E-state index in [0.717, 1.165) is 6.42 Å². The molecule has 2 rings (SSSR count). The van der Waals surface area contributed by atoms with Gasteiger partial charge >= 0.3 is 0 Å². The Kier molecular flexibility index (Phi) is 2.29. The fourth-order valence-corrected chi connectivity index (χ4v) is 2.00. The van der Waals surface area contributed by atoms with Gasteiger partial charge in [0.15, 0.2) is 0 Å². The van der Waals surface area contributed by atoms with Crippen LogP contribution in [0.25, 0.3) is 0 Å². The average Bonchev–Trinajstić information content (AvgIpc) is 2.88. The van der Waals surface area contributed by atoms with Gasteiger partial charge in [-0.25, -0.2) is 0 Å². The second-order valence-corrected chi connectivity index (χ2v) is 5.18. The number of hydrogen-bond donors (Lipinski definition) is 1. The van der Waals surface area contributed by atoms with Crippen molar-refractivity contribution in [1.29, 1.82) is 0 Å². The fourth-order valence-electron chi connectivity index (χ4n) is 2.00. The molecule has 5 heteroatoms. The Morgan fingerprint density at radius 1 is 1.44 bits per heavy atom. The molecule has 1 aliphatic carbocycles. The van der Waals surface area contributed by atoms with Crippen LogP contribution >= 0.6 is 0 Å². The second kappa shape index (κ2) is 3.30. The van der Waals surface area contributed by atoms with E-state index in [9.17, 15) is 14.4 Å². The molecular formula is C11H16N2O3. The third kappa shape index (κ3) is 1.60. The van der Waals surface area contributed by atoms with Gasteiger partial charge in [-0.1, -0.05) is 6.92 Å². The van der Waals surface area contributed by atoms with Crippen LogP contribution < -0.4 is 5.32 Å². The monoisotopic (exact) mass is 224 g/mol. The number of nitrogens with one attached hydrogen (secondary N) is 1. The lowest BCUT2D eigenvalue weighted by Crippen LogP contribution is -2.65. The Bertz CT molecular complexity index is 375. The molecular weight excluding hydrogens is 208 g/mol. The first-order valence-electron chi connectivity index (χ1n) is 5.50. The first-order valence-corrected chi connectivity index (χ1v) is 5.50. The van der Waals surface area contributed by atoms with Crippen LogP contribution in [0.1, 0.15) is 27.2 Å². The van der Waals surface area contributed by atoms with Gasteiger partial charge in [0.1, 0.15) is 12.1 Å². The van der Waals surface area contributed by atoms with Crippen molar-refractivity contribution in [2.24, 2.45) is 11.8 Å². The summed E-state index contributed by atoms with van der Waals surface area (Å²) in [6.45, 7) is 5.32. The summed E-state index contributed by atoms with van der Waals surface area (Å²) in [4.78, 5) is 36.4. The third-order valence-corrected chi connectivity index (χ3v) is 3.48. The summed E-state index contributed by atoms with van der Waals surface area (Å²) < 4.78 is 0. The van der Waals surface area contributed by atoms with Gasteiger partial charge in [-0.2, -0.15) is 0 Å². The molecule has 0 bridgehead atoms. The van der Waals surface area contributed by atoms with E-state index >= 15 is 0 Å². The second-order valence-electron chi connectivity index (χ2n) is 5.18. The van der Waals surface area contributed by atoms with Crippen molar-refractivity contribution in [2.45, 2.75) is 32.7 Å². The Morgan fingerprint density at radius 2 is 2.00 bits per heavy atom. The molecule has 0 radical (unpaired) electrons. The lowest BCUT2D eigenvalue weighted by molar-refractivity contribution is -0.156. The zero-order valence-corrected chi connectivity index (χ0v) is 9.74. The number of carbonyl (C=O) groups is 3. The molecule has 2 fully saturated rings. The van der Waals surface area contributed by atoms with Gasteiger partial charge in [-0.15, -0.1) is 0 Å². The summed E-state index contributed by atoms with van der Waals surface area (Å²) in [7, 11) is 0. The van der Waals surface area contributed by atoms with Crippen molar-refractivity contribution in [2.75, 3.05) is 6.54 Å². The summed E-state index contributed by atoms with van der Waals surface area (Å²) in [5.74, 6) is -0.488. The largest absolute Gasteiger partial charge is 0.319 e. The van der Waals surface area contributed by atoms with Gasteiger partial charge in [0.2, 0.25) is 11.8 Å². The van der Waals surface area contributed by atoms with Gasteiger partial charge in [-0.3, -0.25) is 19.7 Å². The van der Waals surface area contributed by atoms with E-state index in [-0.39, 0.29) is 18.4 Å². The SMILES string of the molecule is CC1CC1C(=O)N1CC(=O)NC(=O)C1(C)C. The molecule has 2 atom stereocenters. The summed E-state index contributed by atoms with van der Waals surface area (Å²) in [6.07, 6.45) is 0.862. The molecule has 1 aliphatic heterocycles. The molecule has 0 aromatic heterocycles. The summed E-state index contributed by atoms with van der Waals surface area (Å²) in [5.41, 5.74) is -0.923. The number of nitrogens with zero attached hydrogens (tertiary/aromatic N) is 1. The van der Waals surface area contributed by atoms with Gasteiger partial charge in [0.05, 0.1) is 0 Å². The predicted octanol–water partition coefficient (Wildman–Crippen LogP) is -0.0940. The Labute approximate surface area is 94.2 Å². The Morgan fingerprint density at radius 3 is 2.50 bits per heavy atom. The van der Waals surface area contributed by atoms with E-state index in [1.807, 2.05) is 6.92 Å². The number of rotatable bonds is 1. The minimum atomic E-state index is -0.923. The maximum absolute atomic E-state index is 12.1. The van der Waals surface area contributed by atoms with E-state index < -0.39 is 17.4 Å². The van der Waals surface area contributed by atoms with Crippen molar-refractivity contribution in [3.63, 3.8) is 0 Å². The van der Waals surface area contributed by atoms with Crippen molar-refractivity contribution >= 4 is 17.7 Å². The molecule has 16 heavy (non-hydrogen) atoms. The number of piperazine rings is 1. The van der Waals surface area contributed by atoms with Crippen LogP contribution in [0.4, 0.5) is 0 Å². The Balaban J connectivity index is 2.20. The molecule has 5 nitrogen and oxygen atoms in total. The number of amides is 3. The first-order chi connectivity index (χ1) is 7.34. The average molecular weight is 224 g/mol. The topological polar surface area (TPSA) is 66.5 Å². The van der Waals surface area contributed by atoms with Crippen LogP contribution in [0.5, 0.6) is 0 Å². The highest BCUT2D eigenvalue weighted by Crippen LogP contribution is 2.40. The quantitative estimate of drug-likeness (QED) is 0.633. The summed E-state index contributed by atoms with van der Waals surface area (Å²) >= 11 is 0. The normalized spacial score (nSPS) is 32.3. The molecule has 0 aromatic rings. The van der Waals surface area contributed by atoms with Crippen molar-refractivity contribution in [3.8, 4) is 0 Å². The molecule has 1 heterocycles. The maximum atomic E-state index is 12.1. The van der Waals surface area contributed by atoms with Crippen LogP contribution in [0.2, 0.25) is 0 Å². The van der Waals surface area contributed by atoms with Crippen LogP contribution in [-0.4, -0.2) is 34.7 Å². The van der Waals surface area contributed by atoms with Crippen molar-refractivity contribution in [1.82, 2.24) is 10.2 Å². The third-order valence-electron chi connectivity index (χ3n) is 3.48. The fraction of sp³-hybridized carbons (Fsp3) is 0.727. The summed E-state index contributed by atoms with van der Waals surface area (Å²) in [5, 5.41) is 2.25. The molecule has 2 unspecified atom stereocenters. The number of hydrogen-bond acceptors (Lipinski definition) is 3. The standard InChI is InChI=1S/C11H16N2O3/c1-6-4-7(6)9(15)13-5-8(14)12-10(16)11(13,2)3/h6-7H,4-5H2,1-3H3,(H,12,14,16). The molecule has 1 saturated carbocycles. The summed E-state index contributed by atoms with van der Waals surface area (Å²) in [6, 6.07) is 0. The van der Waals surface area contributed by atoms with Gasteiger partial charge < -0.3 is 4.90 Å². The van der Waals surface area contributed by atoms with Crippen molar-refractivity contribution < 1.29 is 14.4 Å². The minimum Gasteiger partial charge on any atom is -0.319 e. The van der Waals surface area contributed by atoms with E-state index in [1.165, 1.54) is 4.90 Å². The predicted molar refractivity (Wildman–Crippen MR) is 56.2 cm³/mol. The minimum absolute atomic E-state index is 0.00188. The highest BCUT2D eigenvalue weighted by Gasteiger charge is 2.49. The molecule has 0 spiro atoms. The first kappa shape index (κ1) is 11.1. The zero-order chi connectivity index (χ0) is 12.1. The molecule has 2 aliphatic rings. The van der Waals surface area contributed by atoms with Crippen LogP contribution in [0, 0.1) is 11.8 Å². The van der Waals surface area contributed by atoms with Crippen LogP contribution in [-0.2, 0) is 14.4 Å². The van der Waals surface area contributed by atoms with E-state index in [4.69, 9.17) is 0 Å². The van der Waals surface area contributed by atoms with Gasteiger partial charge in [0, 0.05) is 5.92 Å². The van der Waals surface area contributed by atoms with Gasteiger partial charge in [0.25, 0.3) is 5.91 Å². The molecule has 1 N–H and O–H groups in total. The van der Waals surface area contributed by atoms with E-state index in [2.05, 4.69) is 5.32 Å². The molecule has 88 valence electrons. The highest BCUT2D eigenvalue weighted by atomic mass is 16.2. The highest BCUT2D eigenvalue weighted by molar-refractivity contribution is 6.06. The van der Waals surface area contributed by atoms with E-state index in [1.54, 1.807) is 13.8 Å². The van der Waals surface area contributed by atoms with Crippen LogP contribution in [0.3, 0.4) is 0 Å². The lowest BCUT2D eigenvalue weighted by atomic mass is 9.98. The number of carbonyl (C=O) groups excluding carboxylic acids is 3. The van der Waals surface area contributed by atoms with Crippen molar-refractivity contribution in [3.05, 3.63) is 0 Å². The maximum Gasteiger partial charge on any atom is 0.252 e. The Hall–Kier alpha value is -1.39. The molecule has 0 aromatic carbocycles.